The molecule has 21 heavy (non-hydrogen) atoms. The van der Waals surface area contributed by atoms with E-state index in [9.17, 15) is 4.79 Å². The standard InChI is InChI=1S/C14H26N6O/c1-3-5-12-16-13(18-17-12)14(21)15-6-4-7-20-10-8-19(2)9-11-20/h3-11H2,1-2H3,(H,15,21)(H,16,17,18). The average Bonchev–Trinajstić information content (AvgIpc) is 2.94. The van der Waals surface area contributed by atoms with E-state index < -0.39 is 0 Å². The fourth-order valence-electron chi connectivity index (χ4n) is 2.40. The third-order valence-electron chi connectivity index (χ3n) is 3.75. The molecule has 2 rings (SSSR count). The maximum Gasteiger partial charge on any atom is 0.290 e. The van der Waals surface area contributed by atoms with E-state index in [0.29, 0.717) is 6.54 Å². The fourth-order valence-corrected chi connectivity index (χ4v) is 2.40. The number of rotatable bonds is 7. The van der Waals surface area contributed by atoms with Crippen LogP contribution in [-0.2, 0) is 6.42 Å². The number of hydrogen-bond acceptors (Lipinski definition) is 5. The number of likely N-dealkylation sites (N-methyl/N-ethyl adjacent to an activating group) is 1. The lowest BCUT2D eigenvalue weighted by Gasteiger charge is -2.32. The minimum absolute atomic E-state index is 0.188. The number of amides is 1. The van der Waals surface area contributed by atoms with Crippen LogP contribution in [-0.4, -0.2) is 77.2 Å². The van der Waals surface area contributed by atoms with Gasteiger partial charge in [0.25, 0.3) is 5.91 Å². The highest BCUT2D eigenvalue weighted by Crippen LogP contribution is 2.00. The van der Waals surface area contributed by atoms with Crippen molar-refractivity contribution in [3.63, 3.8) is 0 Å². The van der Waals surface area contributed by atoms with Crippen LogP contribution in [0.3, 0.4) is 0 Å². The summed E-state index contributed by atoms with van der Waals surface area (Å²) >= 11 is 0. The molecule has 0 saturated carbocycles. The van der Waals surface area contributed by atoms with Gasteiger partial charge < -0.3 is 15.1 Å². The molecule has 1 aromatic rings. The van der Waals surface area contributed by atoms with Crippen molar-refractivity contribution in [3.05, 3.63) is 11.6 Å². The van der Waals surface area contributed by atoms with Crippen LogP contribution >= 0.6 is 0 Å². The molecule has 1 fully saturated rings. The van der Waals surface area contributed by atoms with Gasteiger partial charge in [-0.15, -0.1) is 5.10 Å². The van der Waals surface area contributed by atoms with Crippen LogP contribution < -0.4 is 5.32 Å². The third kappa shape index (κ3) is 5.09. The van der Waals surface area contributed by atoms with Crippen molar-refractivity contribution in [1.82, 2.24) is 30.3 Å². The number of carbonyl (C=O) groups excluding carboxylic acids is 1. The van der Waals surface area contributed by atoms with Gasteiger partial charge in [-0.05, 0) is 26.4 Å². The summed E-state index contributed by atoms with van der Waals surface area (Å²) in [6, 6.07) is 0. The Bertz CT molecular complexity index is 438. The molecule has 1 aliphatic heterocycles. The van der Waals surface area contributed by atoms with Crippen LogP contribution in [0.1, 0.15) is 36.2 Å². The Labute approximate surface area is 126 Å². The topological polar surface area (TPSA) is 77.2 Å². The first-order valence-corrected chi connectivity index (χ1v) is 7.79. The number of aryl methyl sites for hydroxylation is 1. The van der Waals surface area contributed by atoms with Crippen molar-refractivity contribution in [2.24, 2.45) is 0 Å². The van der Waals surface area contributed by atoms with Gasteiger partial charge in [0.1, 0.15) is 5.82 Å². The molecule has 1 saturated heterocycles. The number of aromatic nitrogens is 3. The molecule has 0 aliphatic carbocycles. The van der Waals surface area contributed by atoms with E-state index in [1.807, 2.05) is 0 Å². The van der Waals surface area contributed by atoms with Gasteiger partial charge in [0, 0.05) is 39.1 Å². The summed E-state index contributed by atoms with van der Waals surface area (Å²) in [6.45, 7) is 8.26. The molecule has 7 nitrogen and oxygen atoms in total. The number of carbonyl (C=O) groups is 1. The summed E-state index contributed by atoms with van der Waals surface area (Å²) in [6.07, 6.45) is 2.77. The maximum absolute atomic E-state index is 11.9. The molecule has 0 radical (unpaired) electrons. The van der Waals surface area contributed by atoms with Gasteiger partial charge in [-0.3, -0.25) is 9.89 Å². The van der Waals surface area contributed by atoms with E-state index in [1.54, 1.807) is 0 Å². The van der Waals surface area contributed by atoms with Crippen LogP contribution in [0, 0.1) is 0 Å². The summed E-state index contributed by atoms with van der Waals surface area (Å²) in [5, 5.41) is 9.63. The van der Waals surface area contributed by atoms with E-state index in [4.69, 9.17) is 0 Å². The van der Waals surface area contributed by atoms with Crippen LogP contribution in [0.15, 0.2) is 0 Å². The molecular weight excluding hydrogens is 268 g/mol. The predicted molar refractivity (Wildman–Crippen MR) is 81.3 cm³/mol. The minimum atomic E-state index is -0.188. The van der Waals surface area contributed by atoms with Crippen LogP contribution in [0.2, 0.25) is 0 Å². The lowest BCUT2D eigenvalue weighted by Crippen LogP contribution is -2.45. The fraction of sp³-hybridized carbons (Fsp3) is 0.786. The molecule has 1 aliphatic rings. The van der Waals surface area contributed by atoms with Crippen LogP contribution in [0.25, 0.3) is 0 Å². The molecule has 0 atom stereocenters. The zero-order valence-corrected chi connectivity index (χ0v) is 13.1. The Morgan fingerprint density at radius 3 is 2.81 bits per heavy atom. The second kappa shape index (κ2) is 8.09. The molecule has 1 aromatic heterocycles. The largest absolute Gasteiger partial charge is 0.349 e. The van der Waals surface area contributed by atoms with Crippen LogP contribution in [0.5, 0.6) is 0 Å². The lowest BCUT2D eigenvalue weighted by atomic mass is 10.3. The Morgan fingerprint density at radius 2 is 2.10 bits per heavy atom. The minimum Gasteiger partial charge on any atom is -0.349 e. The average molecular weight is 294 g/mol. The highest BCUT2D eigenvalue weighted by molar-refractivity contribution is 5.90. The van der Waals surface area contributed by atoms with Crippen molar-refractivity contribution in [2.45, 2.75) is 26.2 Å². The summed E-state index contributed by atoms with van der Waals surface area (Å²) in [7, 11) is 2.15. The molecule has 0 bridgehead atoms. The highest BCUT2D eigenvalue weighted by atomic mass is 16.2. The first kappa shape index (κ1) is 15.9. The van der Waals surface area contributed by atoms with E-state index in [-0.39, 0.29) is 11.7 Å². The Morgan fingerprint density at radius 1 is 1.33 bits per heavy atom. The van der Waals surface area contributed by atoms with E-state index in [0.717, 1.165) is 57.8 Å². The Kier molecular flexibility index (Phi) is 6.13. The van der Waals surface area contributed by atoms with Crippen molar-refractivity contribution >= 4 is 5.91 Å². The van der Waals surface area contributed by atoms with Crippen molar-refractivity contribution in [1.29, 1.82) is 0 Å². The quantitative estimate of drug-likeness (QED) is 0.699. The number of H-pyrrole nitrogens is 1. The second-order valence-corrected chi connectivity index (χ2v) is 5.61. The maximum atomic E-state index is 11.9. The predicted octanol–water partition coefficient (Wildman–Crippen LogP) is 0.125. The van der Waals surface area contributed by atoms with Gasteiger partial charge in [-0.1, -0.05) is 6.92 Å². The molecule has 0 spiro atoms. The van der Waals surface area contributed by atoms with E-state index in [1.165, 1.54) is 0 Å². The SMILES string of the molecule is CCCc1nc(C(=O)NCCCN2CCN(C)CC2)n[nH]1. The molecule has 0 unspecified atom stereocenters. The van der Waals surface area contributed by atoms with Crippen molar-refractivity contribution in [2.75, 3.05) is 46.3 Å². The van der Waals surface area contributed by atoms with E-state index >= 15 is 0 Å². The zero-order valence-electron chi connectivity index (χ0n) is 13.1. The number of nitrogens with one attached hydrogen (secondary N) is 2. The molecule has 118 valence electrons. The van der Waals surface area contributed by atoms with Crippen molar-refractivity contribution < 1.29 is 4.79 Å². The molecule has 0 aromatic carbocycles. The zero-order chi connectivity index (χ0) is 15.1. The first-order chi connectivity index (χ1) is 10.2. The summed E-state index contributed by atoms with van der Waals surface area (Å²) < 4.78 is 0. The Balaban J connectivity index is 1.62. The molecule has 1 amide bonds. The van der Waals surface area contributed by atoms with E-state index in [2.05, 4.69) is 44.3 Å². The molecule has 2 heterocycles. The molecule has 7 heteroatoms. The van der Waals surface area contributed by atoms with Gasteiger partial charge in [0.05, 0.1) is 0 Å². The summed E-state index contributed by atoms with van der Waals surface area (Å²) in [4.78, 5) is 20.8. The third-order valence-corrected chi connectivity index (χ3v) is 3.75. The van der Waals surface area contributed by atoms with Gasteiger partial charge >= 0.3 is 0 Å². The van der Waals surface area contributed by atoms with Gasteiger partial charge in [-0.25, -0.2) is 4.98 Å². The molecule has 2 N–H and O–H groups in total. The summed E-state index contributed by atoms with van der Waals surface area (Å²) in [5.41, 5.74) is 0. The number of aromatic amines is 1. The monoisotopic (exact) mass is 294 g/mol. The Hall–Kier alpha value is -1.47. The summed E-state index contributed by atoms with van der Waals surface area (Å²) in [5.74, 6) is 0.838. The number of hydrogen-bond donors (Lipinski definition) is 2. The molecular formula is C14H26N6O. The highest BCUT2D eigenvalue weighted by Gasteiger charge is 2.14. The van der Waals surface area contributed by atoms with Gasteiger partial charge in [0.15, 0.2) is 0 Å². The van der Waals surface area contributed by atoms with Gasteiger partial charge in [-0.2, -0.15) is 0 Å². The van der Waals surface area contributed by atoms with Gasteiger partial charge in [0.2, 0.25) is 5.82 Å². The van der Waals surface area contributed by atoms with Crippen molar-refractivity contribution in [3.8, 4) is 0 Å². The van der Waals surface area contributed by atoms with Crippen LogP contribution in [0.4, 0.5) is 0 Å². The normalized spacial score (nSPS) is 17.0. The smallest absolute Gasteiger partial charge is 0.290 e. The lowest BCUT2D eigenvalue weighted by molar-refractivity contribution is 0.0939. The first-order valence-electron chi connectivity index (χ1n) is 7.79. The second-order valence-electron chi connectivity index (χ2n) is 5.61. The number of nitrogens with zero attached hydrogens (tertiary/aromatic N) is 4. The number of piperazine rings is 1.